The molecule has 1 aromatic carbocycles. The topological polar surface area (TPSA) is 77.7 Å². The molecule has 1 fully saturated rings. The summed E-state index contributed by atoms with van der Waals surface area (Å²) in [5.41, 5.74) is 0.935. The number of rotatable bonds is 2. The second-order valence-corrected chi connectivity index (χ2v) is 5.68. The van der Waals surface area contributed by atoms with E-state index >= 15 is 0 Å². The molecule has 2 aromatic rings. The van der Waals surface area contributed by atoms with Gasteiger partial charge in [0.05, 0.1) is 13.2 Å². The van der Waals surface area contributed by atoms with Crippen LogP contribution in [0.4, 0.5) is 0 Å². The molecule has 0 radical (unpaired) electrons. The number of aromatic nitrogens is 2. The fourth-order valence-electron chi connectivity index (χ4n) is 3.09. The molecule has 0 N–H and O–H groups in total. The molecule has 1 aromatic heterocycles. The number of carbonyl (C=O) groups is 1. The third kappa shape index (κ3) is 2.46. The molecule has 0 aliphatic carbocycles. The summed E-state index contributed by atoms with van der Waals surface area (Å²) in [6, 6.07) is 7.32. The Bertz CT molecular complexity index is 730. The molecular formula is C16H17N3O4. The number of hydrogen-bond donors (Lipinski definition) is 0. The van der Waals surface area contributed by atoms with E-state index in [0.29, 0.717) is 38.1 Å². The number of morpholine rings is 1. The van der Waals surface area contributed by atoms with Crippen LogP contribution in [0.5, 0.6) is 5.75 Å². The Hall–Kier alpha value is -2.41. The average Bonchev–Trinajstić information content (AvgIpc) is 3.20. The lowest BCUT2D eigenvalue weighted by molar-refractivity contribution is -0.143. The van der Waals surface area contributed by atoms with Crippen molar-refractivity contribution in [3.8, 4) is 5.75 Å². The number of nitrogens with zero attached hydrogens (tertiary/aromatic N) is 3. The van der Waals surface area contributed by atoms with Gasteiger partial charge in [-0.15, -0.1) is 10.2 Å². The summed E-state index contributed by atoms with van der Waals surface area (Å²) in [6.07, 6.45) is 0. The third-order valence-corrected chi connectivity index (χ3v) is 4.24. The lowest BCUT2D eigenvalue weighted by atomic mass is 9.98. The first-order valence-electron chi connectivity index (χ1n) is 7.64. The quantitative estimate of drug-likeness (QED) is 0.835. The van der Waals surface area contributed by atoms with Crippen molar-refractivity contribution in [2.24, 2.45) is 0 Å². The molecule has 0 bridgehead atoms. The maximum atomic E-state index is 13.1. The minimum atomic E-state index is -0.342. The van der Waals surface area contributed by atoms with E-state index in [9.17, 15) is 4.79 Å². The van der Waals surface area contributed by atoms with Gasteiger partial charge in [0.2, 0.25) is 17.7 Å². The van der Waals surface area contributed by atoms with E-state index in [1.807, 2.05) is 24.3 Å². The number of amides is 1. The van der Waals surface area contributed by atoms with Gasteiger partial charge in [-0.25, -0.2) is 0 Å². The third-order valence-electron chi connectivity index (χ3n) is 4.24. The molecule has 4 rings (SSSR count). The lowest BCUT2D eigenvalue weighted by Gasteiger charge is -2.34. The summed E-state index contributed by atoms with van der Waals surface area (Å²) >= 11 is 0. The van der Waals surface area contributed by atoms with Crippen LogP contribution in [0.25, 0.3) is 0 Å². The number of aryl methyl sites for hydroxylation is 1. The van der Waals surface area contributed by atoms with Gasteiger partial charge in [-0.1, -0.05) is 18.2 Å². The first kappa shape index (κ1) is 14.2. The standard InChI is InChI=1S/C16H17N3O4/c1-10-17-18-15(23-10)13-9-21-7-6-19(13)16(20)12-8-22-14-5-3-2-4-11(12)14/h2-5,12-13H,6-9H2,1H3/t12-,13-/m0/s1. The molecule has 23 heavy (non-hydrogen) atoms. The summed E-state index contributed by atoms with van der Waals surface area (Å²) in [5, 5.41) is 7.91. The Kier molecular flexibility index (Phi) is 3.49. The number of hydrogen-bond acceptors (Lipinski definition) is 6. The minimum absolute atomic E-state index is 0.0131. The zero-order valence-electron chi connectivity index (χ0n) is 12.8. The minimum Gasteiger partial charge on any atom is -0.492 e. The van der Waals surface area contributed by atoms with Crippen LogP contribution >= 0.6 is 0 Å². The first-order valence-corrected chi connectivity index (χ1v) is 7.64. The van der Waals surface area contributed by atoms with Crippen LogP contribution in [0.1, 0.15) is 29.3 Å². The smallest absolute Gasteiger partial charge is 0.241 e. The molecule has 120 valence electrons. The van der Waals surface area contributed by atoms with Gasteiger partial charge in [0, 0.05) is 19.0 Å². The predicted octanol–water partition coefficient (Wildman–Crippen LogP) is 1.45. The fraction of sp³-hybridized carbons (Fsp3) is 0.438. The van der Waals surface area contributed by atoms with Gasteiger partial charge in [0.1, 0.15) is 24.3 Å². The van der Waals surface area contributed by atoms with Crippen LogP contribution in [0, 0.1) is 6.92 Å². The second kappa shape index (κ2) is 5.66. The van der Waals surface area contributed by atoms with E-state index < -0.39 is 0 Å². The molecule has 0 saturated carbocycles. The molecular weight excluding hydrogens is 298 g/mol. The van der Waals surface area contributed by atoms with E-state index in [1.54, 1.807) is 11.8 Å². The van der Waals surface area contributed by atoms with Crippen molar-refractivity contribution >= 4 is 5.91 Å². The molecule has 7 heteroatoms. The van der Waals surface area contributed by atoms with Crippen molar-refractivity contribution in [3.63, 3.8) is 0 Å². The van der Waals surface area contributed by atoms with Crippen LogP contribution in [-0.2, 0) is 9.53 Å². The Balaban J connectivity index is 1.61. The lowest BCUT2D eigenvalue weighted by Crippen LogP contribution is -2.45. The van der Waals surface area contributed by atoms with Gasteiger partial charge in [-0.05, 0) is 6.07 Å². The number of carbonyl (C=O) groups excluding carboxylic acids is 1. The Morgan fingerprint density at radius 2 is 2.13 bits per heavy atom. The molecule has 2 atom stereocenters. The van der Waals surface area contributed by atoms with E-state index in [-0.39, 0.29) is 17.9 Å². The van der Waals surface area contributed by atoms with Gasteiger partial charge in [0.15, 0.2) is 0 Å². The van der Waals surface area contributed by atoms with Crippen LogP contribution < -0.4 is 4.74 Å². The Morgan fingerprint density at radius 1 is 1.26 bits per heavy atom. The highest BCUT2D eigenvalue weighted by molar-refractivity contribution is 5.86. The Labute approximate surface area is 133 Å². The van der Waals surface area contributed by atoms with Crippen molar-refractivity contribution in [1.82, 2.24) is 15.1 Å². The summed E-state index contributed by atoms with van der Waals surface area (Å²) in [4.78, 5) is 14.8. The average molecular weight is 315 g/mol. The summed E-state index contributed by atoms with van der Waals surface area (Å²) < 4.78 is 16.7. The number of fused-ring (bicyclic) bond motifs is 1. The highest BCUT2D eigenvalue weighted by Gasteiger charge is 2.39. The largest absolute Gasteiger partial charge is 0.492 e. The van der Waals surface area contributed by atoms with Crippen molar-refractivity contribution in [3.05, 3.63) is 41.6 Å². The maximum absolute atomic E-state index is 13.1. The molecule has 2 aliphatic rings. The number of benzene rings is 1. The van der Waals surface area contributed by atoms with Crippen LogP contribution in [0.15, 0.2) is 28.7 Å². The molecule has 1 saturated heterocycles. The van der Waals surface area contributed by atoms with Crippen molar-refractivity contribution in [1.29, 1.82) is 0 Å². The normalized spacial score (nSPS) is 23.4. The van der Waals surface area contributed by atoms with Crippen LogP contribution in [0.2, 0.25) is 0 Å². The van der Waals surface area contributed by atoms with E-state index in [4.69, 9.17) is 13.9 Å². The van der Waals surface area contributed by atoms with Crippen molar-refractivity contribution in [2.45, 2.75) is 18.9 Å². The zero-order valence-corrected chi connectivity index (χ0v) is 12.8. The van der Waals surface area contributed by atoms with E-state index in [0.717, 1.165) is 11.3 Å². The maximum Gasteiger partial charge on any atom is 0.241 e. The van der Waals surface area contributed by atoms with Crippen molar-refractivity contribution < 1.29 is 18.7 Å². The van der Waals surface area contributed by atoms with Gasteiger partial charge in [-0.2, -0.15) is 0 Å². The molecule has 0 spiro atoms. The van der Waals surface area contributed by atoms with Crippen molar-refractivity contribution in [2.75, 3.05) is 26.4 Å². The highest BCUT2D eigenvalue weighted by Crippen LogP contribution is 2.36. The summed E-state index contributed by atoms with van der Waals surface area (Å²) in [5.74, 6) is 1.40. The predicted molar refractivity (Wildman–Crippen MR) is 79.0 cm³/mol. The SMILES string of the molecule is Cc1nnc([C@@H]2COCCN2C(=O)[C@H]2COc3ccccc32)o1. The van der Waals surface area contributed by atoms with Crippen LogP contribution in [-0.4, -0.2) is 47.4 Å². The number of para-hydroxylation sites is 1. The summed E-state index contributed by atoms with van der Waals surface area (Å²) in [7, 11) is 0. The molecule has 3 heterocycles. The Morgan fingerprint density at radius 3 is 2.96 bits per heavy atom. The monoisotopic (exact) mass is 315 g/mol. The van der Waals surface area contributed by atoms with Gasteiger partial charge in [0.25, 0.3) is 0 Å². The molecule has 2 aliphatic heterocycles. The molecule has 1 amide bonds. The van der Waals surface area contributed by atoms with Gasteiger partial charge >= 0.3 is 0 Å². The highest BCUT2D eigenvalue weighted by atomic mass is 16.5. The molecule has 7 nitrogen and oxygen atoms in total. The zero-order chi connectivity index (χ0) is 15.8. The van der Waals surface area contributed by atoms with E-state index in [1.165, 1.54) is 0 Å². The van der Waals surface area contributed by atoms with Gasteiger partial charge < -0.3 is 18.8 Å². The summed E-state index contributed by atoms with van der Waals surface area (Å²) in [6.45, 7) is 3.47. The van der Waals surface area contributed by atoms with Gasteiger partial charge in [-0.3, -0.25) is 4.79 Å². The first-order chi connectivity index (χ1) is 11.2. The van der Waals surface area contributed by atoms with Crippen LogP contribution in [0.3, 0.4) is 0 Å². The molecule has 0 unspecified atom stereocenters. The van der Waals surface area contributed by atoms with E-state index in [2.05, 4.69) is 10.2 Å². The fourth-order valence-corrected chi connectivity index (χ4v) is 3.09. The second-order valence-electron chi connectivity index (χ2n) is 5.68. The number of ether oxygens (including phenoxy) is 2.